The third-order valence-corrected chi connectivity index (χ3v) is 2.78. The molecule has 0 saturated carbocycles. The molecule has 0 aliphatic heterocycles. The number of nitro benzene ring substituents is 1. The minimum atomic E-state index is -1.10. The van der Waals surface area contributed by atoms with Gasteiger partial charge in [0.2, 0.25) is 0 Å². The van der Waals surface area contributed by atoms with Crippen LogP contribution in [0.2, 0.25) is 0 Å². The van der Waals surface area contributed by atoms with E-state index in [0.717, 1.165) is 0 Å². The van der Waals surface area contributed by atoms with Gasteiger partial charge in [0, 0.05) is 23.6 Å². The van der Waals surface area contributed by atoms with E-state index < -0.39 is 11.0 Å². The first-order chi connectivity index (χ1) is 9.02. The second-order valence-corrected chi connectivity index (χ2v) is 4.28. The third-order valence-electron chi connectivity index (χ3n) is 2.12. The first kappa shape index (κ1) is 15.0. The van der Waals surface area contributed by atoms with Crippen LogP contribution in [0, 0.1) is 10.1 Å². The maximum Gasteiger partial charge on any atom is 0.404 e. The van der Waals surface area contributed by atoms with Gasteiger partial charge in [-0.3, -0.25) is 10.1 Å². The Hall–Kier alpha value is -2.09. The molecule has 8 heteroatoms. The summed E-state index contributed by atoms with van der Waals surface area (Å²) in [7, 11) is 0. The van der Waals surface area contributed by atoms with E-state index in [1.54, 1.807) is 24.3 Å². The van der Waals surface area contributed by atoms with E-state index in [0.29, 0.717) is 16.7 Å². The summed E-state index contributed by atoms with van der Waals surface area (Å²) in [6.07, 6.45) is 2.20. The van der Waals surface area contributed by atoms with Gasteiger partial charge in [0.25, 0.3) is 5.69 Å². The number of hydrogen-bond acceptors (Lipinski definition) is 4. The summed E-state index contributed by atoms with van der Waals surface area (Å²) in [4.78, 5) is 20.5. The second-order valence-electron chi connectivity index (χ2n) is 3.43. The van der Waals surface area contributed by atoms with Crippen molar-refractivity contribution in [3.8, 4) is 0 Å². The summed E-state index contributed by atoms with van der Waals surface area (Å²) in [6, 6.07) is 4.69. The SMILES string of the molecule is O=C(O)NCC=CCNc1c(Br)cccc1[N+](=O)[O-]. The summed E-state index contributed by atoms with van der Waals surface area (Å²) in [5.74, 6) is 0. The molecule has 0 radical (unpaired) electrons. The number of carboxylic acid groups (broad SMARTS) is 1. The number of amides is 1. The van der Waals surface area contributed by atoms with Crippen molar-refractivity contribution in [1.29, 1.82) is 0 Å². The highest BCUT2D eigenvalue weighted by atomic mass is 79.9. The Morgan fingerprint density at radius 2 is 2.11 bits per heavy atom. The smallest absolute Gasteiger partial charge is 0.404 e. The Balaban J connectivity index is 2.58. The van der Waals surface area contributed by atoms with Gasteiger partial charge in [0.1, 0.15) is 5.69 Å². The van der Waals surface area contributed by atoms with Gasteiger partial charge in [0.15, 0.2) is 0 Å². The van der Waals surface area contributed by atoms with Crippen LogP contribution in [0.3, 0.4) is 0 Å². The highest BCUT2D eigenvalue weighted by Gasteiger charge is 2.14. The fraction of sp³-hybridized carbons (Fsp3) is 0.182. The number of rotatable bonds is 6. The standard InChI is InChI=1S/C11H12BrN3O4/c12-8-4-3-5-9(15(18)19)10(8)13-6-1-2-7-14-11(16)17/h1-5,13-14H,6-7H2,(H,16,17). The van der Waals surface area contributed by atoms with Gasteiger partial charge in [-0.2, -0.15) is 0 Å². The van der Waals surface area contributed by atoms with Crippen molar-refractivity contribution < 1.29 is 14.8 Å². The largest absolute Gasteiger partial charge is 0.465 e. The van der Waals surface area contributed by atoms with E-state index in [2.05, 4.69) is 26.6 Å². The zero-order valence-corrected chi connectivity index (χ0v) is 11.4. The molecule has 0 bridgehead atoms. The predicted octanol–water partition coefficient (Wildman–Crippen LogP) is 2.59. The molecule has 0 aliphatic rings. The maximum absolute atomic E-state index is 10.8. The molecule has 1 aromatic carbocycles. The van der Waals surface area contributed by atoms with Crippen LogP contribution in [-0.2, 0) is 0 Å². The molecule has 19 heavy (non-hydrogen) atoms. The highest BCUT2D eigenvalue weighted by Crippen LogP contribution is 2.31. The fourth-order valence-corrected chi connectivity index (χ4v) is 1.81. The molecule has 1 aromatic rings. The molecule has 1 rings (SSSR count). The number of para-hydroxylation sites is 1. The lowest BCUT2D eigenvalue weighted by molar-refractivity contribution is -0.384. The Kier molecular flexibility index (Phi) is 5.80. The van der Waals surface area contributed by atoms with Crippen molar-refractivity contribution >= 4 is 33.4 Å². The van der Waals surface area contributed by atoms with E-state index in [-0.39, 0.29) is 12.2 Å². The van der Waals surface area contributed by atoms with E-state index in [9.17, 15) is 14.9 Å². The minimum Gasteiger partial charge on any atom is -0.465 e. The molecule has 0 aliphatic carbocycles. The van der Waals surface area contributed by atoms with Crippen molar-refractivity contribution in [1.82, 2.24) is 5.32 Å². The number of nitro groups is 1. The molecule has 0 heterocycles. The highest BCUT2D eigenvalue weighted by molar-refractivity contribution is 9.10. The van der Waals surface area contributed by atoms with Crippen molar-refractivity contribution in [2.24, 2.45) is 0 Å². The van der Waals surface area contributed by atoms with Crippen molar-refractivity contribution in [2.75, 3.05) is 18.4 Å². The summed E-state index contributed by atoms with van der Waals surface area (Å²) in [5.41, 5.74) is 0.370. The number of nitrogens with zero attached hydrogens (tertiary/aromatic N) is 1. The average Bonchev–Trinajstić information content (AvgIpc) is 2.34. The van der Waals surface area contributed by atoms with Crippen molar-refractivity contribution in [2.45, 2.75) is 0 Å². The van der Waals surface area contributed by atoms with Crippen LogP contribution in [0.25, 0.3) is 0 Å². The molecule has 0 fully saturated rings. The van der Waals surface area contributed by atoms with Crippen LogP contribution >= 0.6 is 15.9 Å². The molecule has 0 aromatic heterocycles. The average molecular weight is 330 g/mol. The molecule has 102 valence electrons. The third kappa shape index (κ3) is 4.96. The summed E-state index contributed by atoms with van der Waals surface area (Å²) >= 11 is 3.24. The molecule has 0 unspecified atom stereocenters. The Morgan fingerprint density at radius 1 is 1.42 bits per heavy atom. The fourth-order valence-electron chi connectivity index (χ4n) is 1.31. The minimum absolute atomic E-state index is 0.0218. The molecular formula is C11H12BrN3O4. The lowest BCUT2D eigenvalue weighted by Crippen LogP contribution is -2.20. The molecule has 7 nitrogen and oxygen atoms in total. The molecule has 0 saturated heterocycles. The van der Waals surface area contributed by atoms with Gasteiger partial charge >= 0.3 is 6.09 Å². The zero-order valence-electron chi connectivity index (χ0n) is 9.80. The van der Waals surface area contributed by atoms with Crippen LogP contribution in [0.4, 0.5) is 16.2 Å². The van der Waals surface area contributed by atoms with E-state index in [4.69, 9.17) is 5.11 Å². The molecule has 0 atom stereocenters. The monoisotopic (exact) mass is 329 g/mol. The van der Waals surface area contributed by atoms with Gasteiger partial charge in [-0.25, -0.2) is 4.79 Å². The van der Waals surface area contributed by atoms with Crippen molar-refractivity contribution in [3.05, 3.63) is 44.9 Å². The first-order valence-electron chi connectivity index (χ1n) is 5.31. The maximum atomic E-state index is 10.8. The number of anilines is 1. The molecular weight excluding hydrogens is 318 g/mol. The number of benzene rings is 1. The van der Waals surface area contributed by atoms with Gasteiger partial charge in [0.05, 0.1) is 4.92 Å². The Morgan fingerprint density at radius 3 is 2.74 bits per heavy atom. The van der Waals surface area contributed by atoms with Crippen LogP contribution < -0.4 is 10.6 Å². The quantitative estimate of drug-likeness (QED) is 0.422. The first-order valence-corrected chi connectivity index (χ1v) is 6.10. The van der Waals surface area contributed by atoms with Crippen LogP contribution in [0.1, 0.15) is 0 Å². The summed E-state index contributed by atoms with van der Waals surface area (Å²) in [6.45, 7) is 0.541. The lowest BCUT2D eigenvalue weighted by atomic mass is 10.2. The van der Waals surface area contributed by atoms with Gasteiger partial charge in [-0.15, -0.1) is 0 Å². The van der Waals surface area contributed by atoms with Gasteiger partial charge in [-0.05, 0) is 22.0 Å². The van der Waals surface area contributed by atoms with Gasteiger partial charge in [-0.1, -0.05) is 18.2 Å². The summed E-state index contributed by atoms with van der Waals surface area (Å²) < 4.78 is 0.596. The summed E-state index contributed by atoms with van der Waals surface area (Å²) in [5, 5.41) is 24.2. The predicted molar refractivity (Wildman–Crippen MR) is 74.5 cm³/mol. The second kappa shape index (κ2) is 7.37. The van der Waals surface area contributed by atoms with Gasteiger partial charge < -0.3 is 15.7 Å². The molecule has 3 N–H and O–H groups in total. The Bertz CT molecular complexity index is 505. The lowest BCUT2D eigenvalue weighted by Gasteiger charge is -2.06. The van der Waals surface area contributed by atoms with Crippen LogP contribution in [0.15, 0.2) is 34.8 Å². The number of halogens is 1. The van der Waals surface area contributed by atoms with E-state index in [1.165, 1.54) is 6.07 Å². The van der Waals surface area contributed by atoms with E-state index >= 15 is 0 Å². The topological polar surface area (TPSA) is 104 Å². The number of nitrogens with one attached hydrogen (secondary N) is 2. The van der Waals surface area contributed by atoms with E-state index in [1.807, 2.05) is 0 Å². The normalized spacial score (nSPS) is 10.4. The Labute approximate surface area is 117 Å². The number of hydrogen-bond donors (Lipinski definition) is 3. The number of carbonyl (C=O) groups is 1. The molecule has 1 amide bonds. The van der Waals surface area contributed by atoms with Crippen LogP contribution in [0.5, 0.6) is 0 Å². The van der Waals surface area contributed by atoms with Crippen LogP contribution in [-0.4, -0.2) is 29.2 Å². The van der Waals surface area contributed by atoms with Crippen molar-refractivity contribution in [3.63, 3.8) is 0 Å². The molecule has 0 spiro atoms. The zero-order chi connectivity index (χ0) is 14.3.